The molecule has 8 nitrogen and oxygen atoms in total. The van der Waals surface area contributed by atoms with Gasteiger partial charge in [-0.2, -0.15) is 5.26 Å². The Morgan fingerprint density at radius 3 is 2.85 bits per heavy atom. The maximum Gasteiger partial charge on any atom is 0.287 e. The first-order chi connectivity index (χ1) is 12.7. The van der Waals surface area contributed by atoms with E-state index in [1.165, 1.54) is 6.26 Å². The maximum absolute atomic E-state index is 11.8. The number of furan rings is 1. The third-order valence-electron chi connectivity index (χ3n) is 3.88. The molecular formula is C18H14N4O4. The minimum Gasteiger partial charge on any atom is -0.459 e. The van der Waals surface area contributed by atoms with E-state index < -0.39 is 0 Å². The number of nitrogens with one attached hydrogen (secondary N) is 2. The van der Waals surface area contributed by atoms with Gasteiger partial charge in [0, 0.05) is 24.5 Å². The van der Waals surface area contributed by atoms with E-state index in [9.17, 15) is 10.1 Å². The summed E-state index contributed by atoms with van der Waals surface area (Å²) in [4.78, 5) is 16.3. The summed E-state index contributed by atoms with van der Waals surface area (Å²) in [5.41, 5.74) is 1.10. The fourth-order valence-electron chi connectivity index (χ4n) is 2.64. The fraction of sp³-hybridized carbons (Fsp3) is 0.167. The molecule has 1 aliphatic heterocycles. The SMILES string of the molecule is N#Cc1cc2cc3c(cc2nc1NCCNC(=O)c1ccco1)OCO3. The number of aromatic nitrogens is 1. The molecule has 0 fully saturated rings. The highest BCUT2D eigenvalue weighted by molar-refractivity contribution is 5.91. The lowest BCUT2D eigenvalue weighted by Gasteiger charge is -2.10. The predicted molar refractivity (Wildman–Crippen MR) is 92.1 cm³/mol. The van der Waals surface area contributed by atoms with E-state index in [1.54, 1.807) is 30.3 Å². The van der Waals surface area contributed by atoms with Gasteiger partial charge in [0.05, 0.1) is 17.3 Å². The Hall–Kier alpha value is -3.73. The van der Waals surface area contributed by atoms with Crippen molar-refractivity contribution in [2.24, 2.45) is 0 Å². The zero-order valence-electron chi connectivity index (χ0n) is 13.6. The van der Waals surface area contributed by atoms with Gasteiger partial charge < -0.3 is 24.5 Å². The number of rotatable bonds is 5. The largest absolute Gasteiger partial charge is 0.459 e. The van der Waals surface area contributed by atoms with Crippen LogP contribution in [0.5, 0.6) is 11.5 Å². The predicted octanol–water partition coefficient (Wildman–Crippen LogP) is 2.27. The van der Waals surface area contributed by atoms with Crippen LogP contribution in [0.25, 0.3) is 10.9 Å². The maximum atomic E-state index is 11.8. The number of hydrogen-bond acceptors (Lipinski definition) is 7. The molecule has 8 heteroatoms. The lowest BCUT2D eigenvalue weighted by Crippen LogP contribution is -2.28. The van der Waals surface area contributed by atoms with Gasteiger partial charge in [-0.3, -0.25) is 4.79 Å². The lowest BCUT2D eigenvalue weighted by atomic mass is 10.1. The third kappa shape index (κ3) is 2.98. The molecule has 0 radical (unpaired) electrons. The zero-order valence-corrected chi connectivity index (χ0v) is 13.6. The van der Waals surface area contributed by atoms with Crippen LogP contribution in [0.4, 0.5) is 5.82 Å². The van der Waals surface area contributed by atoms with Crippen molar-refractivity contribution in [1.82, 2.24) is 10.3 Å². The normalized spacial score (nSPS) is 12.0. The van der Waals surface area contributed by atoms with Crippen LogP contribution in [-0.2, 0) is 0 Å². The van der Waals surface area contributed by atoms with Crippen LogP contribution < -0.4 is 20.1 Å². The van der Waals surface area contributed by atoms with Crippen molar-refractivity contribution in [2.75, 3.05) is 25.2 Å². The number of hydrogen-bond donors (Lipinski definition) is 2. The quantitative estimate of drug-likeness (QED) is 0.679. The molecule has 3 aromatic rings. The molecule has 0 saturated carbocycles. The summed E-state index contributed by atoms with van der Waals surface area (Å²) in [5, 5.41) is 16.0. The van der Waals surface area contributed by atoms with Gasteiger partial charge in [0.25, 0.3) is 5.91 Å². The topological polar surface area (TPSA) is 109 Å². The first-order valence-corrected chi connectivity index (χ1v) is 7.94. The minimum atomic E-state index is -0.295. The van der Waals surface area contributed by atoms with Gasteiger partial charge in [-0.25, -0.2) is 4.98 Å². The van der Waals surface area contributed by atoms with Crippen molar-refractivity contribution in [3.8, 4) is 17.6 Å². The van der Waals surface area contributed by atoms with E-state index in [2.05, 4.69) is 21.7 Å². The summed E-state index contributed by atoms with van der Waals surface area (Å²) < 4.78 is 15.7. The molecule has 0 spiro atoms. The number of carbonyl (C=O) groups excluding carboxylic acids is 1. The molecule has 1 aliphatic rings. The van der Waals surface area contributed by atoms with Crippen molar-refractivity contribution in [2.45, 2.75) is 0 Å². The highest BCUT2D eigenvalue weighted by atomic mass is 16.7. The van der Waals surface area contributed by atoms with Gasteiger partial charge in [0.1, 0.15) is 11.9 Å². The molecule has 0 aliphatic carbocycles. The fourth-order valence-corrected chi connectivity index (χ4v) is 2.64. The Kier molecular flexibility index (Phi) is 4.03. The van der Waals surface area contributed by atoms with Crippen LogP contribution in [0.1, 0.15) is 16.1 Å². The van der Waals surface area contributed by atoms with Crippen LogP contribution >= 0.6 is 0 Å². The first kappa shape index (κ1) is 15.8. The Bertz CT molecular complexity index is 1010. The van der Waals surface area contributed by atoms with Crippen LogP contribution in [-0.4, -0.2) is 30.8 Å². The molecule has 1 amide bonds. The summed E-state index contributed by atoms with van der Waals surface area (Å²) >= 11 is 0. The average molecular weight is 350 g/mol. The van der Waals surface area contributed by atoms with E-state index in [4.69, 9.17) is 13.9 Å². The van der Waals surface area contributed by atoms with E-state index in [0.29, 0.717) is 41.5 Å². The number of amides is 1. The smallest absolute Gasteiger partial charge is 0.287 e. The van der Waals surface area contributed by atoms with Gasteiger partial charge in [-0.15, -0.1) is 0 Å². The second kappa shape index (κ2) is 6.64. The number of ether oxygens (including phenoxy) is 2. The average Bonchev–Trinajstić information content (AvgIpc) is 3.33. The van der Waals surface area contributed by atoms with Crippen molar-refractivity contribution in [3.05, 3.63) is 47.9 Å². The number of anilines is 1. The monoisotopic (exact) mass is 350 g/mol. The summed E-state index contributed by atoms with van der Waals surface area (Å²) in [6, 6.07) is 10.7. The lowest BCUT2D eigenvalue weighted by molar-refractivity contribution is 0.0927. The first-order valence-electron chi connectivity index (χ1n) is 7.94. The van der Waals surface area contributed by atoms with Crippen molar-refractivity contribution < 1.29 is 18.7 Å². The van der Waals surface area contributed by atoms with E-state index in [0.717, 1.165) is 5.39 Å². The van der Waals surface area contributed by atoms with Gasteiger partial charge >= 0.3 is 0 Å². The van der Waals surface area contributed by atoms with Crippen LogP contribution in [0, 0.1) is 11.3 Å². The Labute approximate surface area is 148 Å². The molecule has 0 unspecified atom stereocenters. The van der Waals surface area contributed by atoms with Crippen LogP contribution in [0.3, 0.4) is 0 Å². The molecular weight excluding hydrogens is 336 g/mol. The number of pyridine rings is 1. The standard InChI is InChI=1S/C18H14N4O4/c19-9-12-6-11-7-15-16(26-10-25-15)8-13(11)22-17(12)20-3-4-21-18(23)14-2-1-5-24-14/h1-2,5-8H,3-4,10H2,(H,20,22)(H,21,23). The summed E-state index contributed by atoms with van der Waals surface area (Å²) in [6.45, 7) is 0.937. The second-order valence-corrected chi connectivity index (χ2v) is 5.55. The highest BCUT2D eigenvalue weighted by Gasteiger charge is 2.16. The molecule has 3 heterocycles. The molecule has 4 rings (SSSR count). The molecule has 130 valence electrons. The Balaban J connectivity index is 1.46. The van der Waals surface area contributed by atoms with Crippen molar-refractivity contribution in [1.29, 1.82) is 5.26 Å². The molecule has 26 heavy (non-hydrogen) atoms. The van der Waals surface area contributed by atoms with Crippen molar-refractivity contribution in [3.63, 3.8) is 0 Å². The van der Waals surface area contributed by atoms with Gasteiger partial charge in [-0.05, 0) is 24.3 Å². The minimum absolute atomic E-state index is 0.178. The van der Waals surface area contributed by atoms with E-state index in [-0.39, 0.29) is 18.5 Å². The van der Waals surface area contributed by atoms with Gasteiger partial charge in [0.2, 0.25) is 6.79 Å². The zero-order chi connectivity index (χ0) is 17.9. The van der Waals surface area contributed by atoms with E-state index >= 15 is 0 Å². The second-order valence-electron chi connectivity index (χ2n) is 5.55. The number of nitriles is 1. The molecule has 2 aromatic heterocycles. The number of carbonyl (C=O) groups is 1. The van der Waals surface area contributed by atoms with Crippen LogP contribution in [0.15, 0.2) is 41.0 Å². The number of nitrogens with zero attached hydrogens (tertiary/aromatic N) is 2. The van der Waals surface area contributed by atoms with Crippen molar-refractivity contribution >= 4 is 22.6 Å². The molecule has 0 bridgehead atoms. The third-order valence-corrected chi connectivity index (χ3v) is 3.88. The van der Waals surface area contributed by atoms with Gasteiger partial charge in [0.15, 0.2) is 17.3 Å². The summed E-state index contributed by atoms with van der Waals surface area (Å²) in [5.74, 6) is 1.68. The Morgan fingerprint density at radius 2 is 2.08 bits per heavy atom. The number of fused-ring (bicyclic) bond motifs is 2. The number of benzene rings is 1. The molecule has 0 saturated heterocycles. The van der Waals surface area contributed by atoms with Crippen LogP contribution in [0.2, 0.25) is 0 Å². The van der Waals surface area contributed by atoms with E-state index in [1.807, 2.05) is 0 Å². The summed E-state index contributed by atoms with van der Waals surface area (Å²) in [7, 11) is 0. The molecule has 0 atom stereocenters. The summed E-state index contributed by atoms with van der Waals surface area (Å²) in [6.07, 6.45) is 1.44. The molecule has 2 N–H and O–H groups in total. The van der Waals surface area contributed by atoms with Gasteiger partial charge in [-0.1, -0.05) is 0 Å². The molecule has 1 aromatic carbocycles. The Morgan fingerprint density at radius 1 is 1.23 bits per heavy atom. The highest BCUT2D eigenvalue weighted by Crippen LogP contribution is 2.36.